The van der Waals surface area contributed by atoms with Crippen LogP contribution in [0.2, 0.25) is 0 Å². The molecule has 0 aliphatic heterocycles. The normalized spacial score (nSPS) is 22.6. The van der Waals surface area contributed by atoms with E-state index < -0.39 is 0 Å². The highest BCUT2D eigenvalue weighted by atomic mass is 16.5. The summed E-state index contributed by atoms with van der Waals surface area (Å²) in [5.41, 5.74) is 1.28. The first-order valence-corrected chi connectivity index (χ1v) is 8.06. The smallest absolute Gasteiger partial charge is 0.0707 e. The summed E-state index contributed by atoms with van der Waals surface area (Å²) >= 11 is 0. The largest absolute Gasteiger partial charge is 0.376 e. The van der Waals surface area contributed by atoms with E-state index in [1.165, 1.54) is 12.0 Å². The molecular formula is C18H29NO2. The van der Waals surface area contributed by atoms with E-state index in [9.17, 15) is 0 Å². The Balaban J connectivity index is 1.58. The minimum Gasteiger partial charge on any atom is -0.376 e. The van der Waals surface area contributed by atoms with E-state index in [-0.39, 0.29) is 5.60 Å². The molecule has 0 heterocycles. The fourth-order valence-corrected chi connectivity index (χ4v) is 2.70. The summed E-state index contributed by atoms with van der Waals surface area (Å²) in [4.78, 5) is 0. The SMILES string of the molecule is CC(C)(C)OCCOC1CC[C@H](NCc2ccccc2)C1. The first-order valence-electron chi connectivity index (χ1n) is 8.06. The molecule has 0 bridgehead atoms. The van der Waals surface area contributed by atoms with Crippen molar-refractivity contribution in [3.05, 3.63) is 35.9 Å². The maximum Gasteiger partial charge on any atom is 0.0707 e. The molecule has 0 saturated heterocycles. The number of hydrogen-bond donors (Lipinski definition) is 1. The van der Waals surface area contributed by atoms with Crippen molar-refractivity contribution in [2.24, 2.45) is 0 Å². The van der Waals surface area contributed by atoms with Gasteiger partial charge >= 0.3 is 0 Å². The van der Waals surface area contributed by atoms with Gasteiger partial charge in [0.15, 0.2) is 0 Å². The van der Waals surface area contributed by atoms with E-state index in [4.69, 9.17) is 9.47 Å². The molecule has 1 aromatic rings. The van der Waals surface area contributed by atoms with Gasteiger partial charge in [-0.05, 0) is 45.6 Å². The van der Waals surface area contributed by atoms with Crippen molar-refractivity contribution in [1.82, 2.24) is 5.32 Å². The third kappa shape index (κ3) is 6.60. The van der Waals surface area contributed by atoms with Crippen LogP contribution in [0.1, 0.15) is 45.6 Å². The van der Waals surface area contributed by atoms with Crippen molar-refractivity contribution in [3.8, 4) is 0 Å². The predicted octanol–water partition coefficient (Wildman–Crippen LogP) is 3.53. The van der Waals surface area contributed by atoms with Crippen LogP contribution in [0.3, 0.4) is 0 Å². The van der Waals surface area contributed by atoms with Crippen LogP contribution in [0, 0.1) is 0 Å². The monoisotopic (exact) mass is 291 g/mol. The molecule has 0 aromatic heterocycles. The van der Waals surface area contributed by atoms with Gasteiger partial charge in [-0.1, -0.05) is 30.3 Å². The highest BCUT2D eigenvalue weighted by Crippen LogP contribution is 2.22. The van der Waals surface area contributed by atoms with Crippen LogP contribution in [0.5, 0.6) is 0 Å². The average molecular weight is 291 g/mol. The van der Waals surface area contributed by atoms with Crippen LogP contribution in [-0.4, -0.2) is 31.0 Å². The summed E-state index contributed by atoms with van der Waals surface area (Å²) in [7, 11) is 0. The Kier molecular flexibility index (Phi) is 6.22. The summed E-state index contributed by atoms with van der Waals surface area (Å²) in [6.07, 6.45) is 3.86. The summed E-state index contributed by atoms with van der Waals surface area (Å²) in [6.45, 7) is 8.56. The van der Waals surface area contributed by atoms with Gasteiger partial charge in [0.1, 0.15) is 0 Å². The number of hydrogen-bond acceptors (Lipinski definition) is 3. The van der Waals surface area contributed by atoms with Gasteiger partial charge in [0, 0.05) is 12.6 Å². The highest BCUT2D eigenvalue weighted by Gasteiger charge is 2.24. The second-order valence-electron chi connectivity index (χ2n) is 6.83. The number of ether oxygens (including phenoxy) is 2. The third-order valence-corrected chi connectivity index (χ3v) is 3.79. The maximum absolute atomic E-state index is 5.92. The summed E-state index contributed by atoms with van der Waals surface area (Å²) in [5, 5.41) is 3.63. The Morgan fingerprint density at radius 1 is 1.10 bits per heavy atom. The first kappa shape index (κ1) is 16.5. The lowest BCUT2D eigenvalue weighted by Gasteiger charge is -2.20. The molecule has 118 valence electrons. The van der Waals surface area contributed by atoms with Crippen molar-refractivity contribution < 1.29 is 9.47 Å². The van der Waals surface area contributed by atoms with Gasteiger partial charge in [-0.2, -0.15) is 0 Å². The molecule has 21 heavy (non-hydrogen) atoms. The minimum atomic E-state index is -0.0706. The van der Waals surface area contributed by atoms with Crippen LogP contribution >= 0.6 is 0 Å². The Labute approximate surface area is 129 Å². The summed E-state index contributed by atoms with van der Waals surface area (Å²) in [6, 6.07) is 11.2. The Morgan fingerprint density at radius 3 is 2.57 bits per heavy atom. The standard InChI is InChI=1S/C18H29NO2/c1-18(2,3)21-12-11-20-17-10-9-16(13-17)19-14-15-7-5-4-6-8-15/h4-8,16-17,19H,9-14H2,1-3H3/t16-,17?/m0/s1. The Morgan fingerprint density at radius 2 is 1.86 bits per heavy atom. The van der Waals surface area contributed by atoms with Crippen LogP contribution in [0.15, 0.2) is 30.3 Å². The molecule has 0 amide bonds. The van der Waals surface area contributed by atoms with Crippen LogP contribution < -0.4 is 5.32 Å². The molecule has 2 atom stereocenters. The summed E-state index contributed by atoms with van der Waals surface area (Å²) in [5.74, 6) is 0. The van der Waals surface area contributed by atoms with Crippen molar-refractivity contribution >= 4 is 0 Å². The Bertz CT molecular complexity index is 399. The molecule has 1 unspecified atom stereocenters. The summed E-state index contributed by atoms with van der Waals surface area (Å²) < 4.78 is 11.6. The molecule has 0 radical (unpaired) electrons. The molecule has 3 heteroatoms. The predicted molar refractivity (Wildman–Crippen MR) is 86.4 cm³/mol. The van der Waals surface area contributed by atoms with Crippen LogP contribution in [0.4, 0.5) is 0 Å². The van der Waals surface area contributed by atoms with E-state index >= 15 is 0 Å². The lowest BCUT2D eigenvalue weighted by Crippen LogP contribution is -2.27. The molecule has 1 aromatic carbocycles. The lowest BCUT2D eigenvalue weighted by atomic mass is 10.2. The van der Waals surface area contributed by atoms with Gasteiger partial charge in [-0.15, -0.1) is 0 Å². The molecule has 1 saturated carbocycles. The van der Waals surface area contributed by atoms with Gasteiger partial charge in [0.2, 0.25) is 0 Å². The average Bonchev–Trinajstić information content (AvgIpc) is 2.89. The minimum absolute atomic E-state index is 0.0706. The van der Waals surface area contributed by atoms with Gasteiger partial charge in [0.05, 0.1) is 24.9 Å². The zero-order valence-corrected chi connectivity index (χ0v) is 13.6. The zero-order chi connectivity index (χ0) is 15.1. The van der Waals surface area contributed by atoms with E-state index in [0.717, 1.165) is 19.4 Å². The first-order chi connectivity index (χ1) is 10.0. The quantitative estimate of drug-likeness (QED) is 0.780. The van der Waals surface area contributed by atoms with Crippen LogP contribution in [0.25, 0.3) is 0 Å². The highest BCUT2D eigenvalue weighted by molar-refractivity contribution is 5.14. The van der Waals surface area contributed by atoms with E-state index in [1.54, 1.807) is 0 Å². The Hall–Kier alpha value is -0.900. The fourth-order valence-electron chi connectivity index (χ4n) is 2.70. The van der Waals surface area contributed by atoms with Gasteiger partial charge < -0.3 is 14.8 Å². The second kappa shape index (κ2) is 7.92. The molecule has 3 nitrogen and oxygen atoms in total. The fraction of sp³-hybridized carbons (Fsp3) is 0.667. The molecule has 1 N–H and O–H groups in total. The maximum atomic E-state index is 5.92. The van der Waals surface area contributed by atoms with Crippen molar-refractivity contribution in [2.45, 2.75) is 64.3 Å². The molecule has 1 aliphatic rings. The van der Waals surface area contributed by atoms with Gasteiger partial charge in [-0.25, -0.2) is 0 Å². The third-order valence-electron chi connectivity index (χ3n) is 3.79. The second-order valence-corrected chi connectivity index (χ2v) is 6.83. The molecule has 1 aliphatic carbocycles. The molecule has 1 fully saturated rings. The van der Waals surface area contributed by atoms with Crippen LogP contribution in [-0.2, 0) is 16.0 Å². The molecule has 2 rings (SSSR count). The number of rotatable bonds is 7. The number of benzene rings is 1. The zero-order valence-electron chi connectivity index (χ0n) is 13.6. The van der Waals surface area contributed by atoms with Crippen molar-refractivity contribution in [3.63, 3.8) is 0 Å². The van der Waals surface area contributed by atoms with Crippen molar-refractivity contribution in [1.29, 1.82) is 0 Å². The lowest BCUT2D eigenvalue weighted by molar-refractivity contribution is -0.0504. The van der Waals surface area contributed by atoms with E-state index in [2.05, 4.69) is 56.4 Å². The number of nitrogens with one attached hydrogen (secondary N) is 1. The molecular weight excluding hydrogens is 262 g/mol. The van der Waals surface area contributed by atoms with Gasteiger partial charge in [0.25, 0.3) is 0 Å². The van der Waals surface area contributed by atoms with E-state index in [1.807, 2.05) is 0 Å². The van der Waals surface area contributed by atoms with Crippen molar-refractivity contribution in [2.75, 3.05) is 13.2 Å². The topological polar surface area (TPSA) is 30.5 Å². The van der Waals surface area contributed by atoms with E-state index in [0.29, 0.717) is 25.4 Å². The molecule has 0 spiro atoms. The van der Waals surface area contributed by atoms with Gasteiger partial charge in [-0.3, -0.25) is 0 Å².